The number of anilines is 1. The zero-order chi connectivity index (χ0) is 21.9. The van der Waals surface area contributed by atoms with Crippen LogP contribution in [0.1, 0.15) is 33.6 Å². The van der Waals surface area contributed by atoms with Gasteiger partial charge >= 0.3 is 0 Å². The summed E-state index contributed by atoms with van der Waals surface area (Å²) < 4.78 is 27.4. The number of nitrogens with zero attached hydrogens (tertiary/aromatic N) is 2. The molecule has 0 atom stereocenters. The summed E-state index contributed by atoms with van der Waals surface area (Å²) in [5.41, 5.74) is 1.04. The van der Waals surface area contributed by atoms with Gasteiger partial charge in [-0.2, -0.15) is 0 Å². The number of hydrogen-bond acceptors (Lipinski definition) is 5. The Labute approximate surface area is 177 Å². The fourth-order valence-corrected chi connectivity index (χ4v) is 4.98. The number of Topliss-reactive ketones (excluding diaryl/α,β-unsaturated/α-hetero) is 1. The number of carbonyl (C=O) groups excluding carboxylic acids is 1. The number of aliphatic imine (C=N–C) groups is 1. The lowest BCUT2D eigenvalue weighted by Crippen LogP contribution is -2.30. The predicted octanol–water partition coefficient (Wildman–Crippen LogP) is 4.81. The van der Waals surface area contributed by atoms with E-state index in [-0.39, 0.29) is 27.4 Å². The van der Waals surface area contributed by atoms with E-state index in [1.807, 2.05) is 19.9 Å². The highest BCUT2D eigenvalue weighted by atomic mass is 32.2. The van der Waals surface area contributed by atoms with Gasteiger partial charge in [0.1, 0.15) is 5.76 Å². The lowest BCUT2D eigenvalue weighted by Gasteiger charge is -2.28. The Morgan fingerprint density at radius 2 is 1.70 bits per heavy atom. The van der Waals surface area contributed by atoms with Crippen molar-refractivity contribution in [3.05, 3.63) is 65.9 Å². The van der Waals surface area contributed by atoms with E-state index in [2.05, 4.69) is 4.99 Å². The van der Waals surface area contributed by atoms with Crippen molar-refractivity contribution in [3.8, 4) is 0 Å². The van der Waals surface area contributed by atoms with Crippen LogP contribution in [0.25, 0.3) is 0 Å². The number of para-hydroxylation sites is 1. The Morgan fingerprint density at radius 3 is 2.27 bits per heavy atom. The molecule has 0 unspecified atom stereocenters. The molecular weight excluding hydrogens is 400 g/mol. The Hall–Kier alpha value is -2.93. The number of rotatable bonds is 6. The minimum atomic E-state index is -3.71. The molecular formula is C23H26N2O4S. The molecule has 0 heterocycles. The summed E-state index contributed by atoms with van der Waals surface area (Å²) in [6.07, 6.45) is 2.13. The van der Waals surface area contributed by atoms with Gasteiger partial charge in [-0.25, -0.2) is 8.42 Å². The third-order valence-electron chi connectivity index (χ3n) is 5.00. The second-order valence-corrected chi connectivity index (χ2v) is 9.92. The molecule has 0 fully saturated rings. The van der Waals surface area contributed by atoms with Crippen molar-refractivity contribution in [2.24, 2.45) is 10.4 Å². The fraction of sp³-hybridized carbons (Fsp3) is 0.304. The largest absolute Gasteiger partial charge is 0.511 e. The van der Waals surface area contributed by atoms with Crippen molar-refractivity contribution in [2.75, 3.05) is 10.8 Å². The highest BCUT2D eigenvalue weighted by molar-refractivity contribution is 7.92. The van der Waals surface area contributed by atoms with Gasteiger partial charge in [0.05, 0.1) is 21.8 Å². The van der Waals surface area contributed by atoms with Crippen LogP contribution in [0, 0.1) is 5.41 Å². The number of allylic oxidation sites excluding steroid dienone is 2. The fourth-order valence-electron chi connectivity index (χ4n) is 3.50. The number of ketones is 1. The molecule has 0 amide bonds. The second-order valence-electron chi connectivity index (χ2n) is 8.06. The third-order valence-corrected chi connectivity index (χ3v) is 6.91. The molecule has 30 heavy (non-hydrogen) atoms. The molecule has 0 radical (unpaired) electrons. The SMILES string of the molecule is CCN(c1ccccc1)S(=O)(=O)c1ccc(N=CC2=C(O)CC(C)(C)CC2=O)cc1. The Bertz CT molecular complexity index is 1090. The van der Waals surface area contributed by atoms with Crippen molar-refractivity contribution in [1.29, 1.82) is 0 Å². The average Bonchev–Trinajstić information content (AvgIpc) is 2.68. The van der Waals surface area contributed by atoms with Crippen LogP contribution < -0.4 is 4.31 Å². The summed E-state index contributed by atoms with van der Waals surface area (Å²) in [6.45, 7) is 5.95. The first-order chi connectivity index (χ1) is 14.1. The van der Waals surface area contributed by atoms with Gasteiger partial charge in [0.15, 0.2) is 5.78 Å². The van der Waals surface area contributed by atoms with Crippen LogP contribution in [0.2, 0.25) is 0 Å². The van der Waals surface area contributed by atoms with E-state index in [4.69, 9.17) is 0 Å². The molecule has 158 valence electrons. The van der Waals surface area contributed by atoms with Crippen LogP contribution in [0.4, 0.5) is 11.4 Å². The molecule has 0 spiro atoms. The maximum atomic E-state index is 13.0. The van der Waals surface area contributed by atoms with Gasteiger partial charge in [-0.05, 0) is 48.7 Å². The van der Waals surface area contributed by atoms with Gasteiger partial charge in [-0.15, -0.1) is 0 Å². The van der Waals surface area contributed by atoms with E-state index in [1.54, 1.807) is 43.3 Å². The van der Waals surface area contributed by atoms with Crippen LogP contribution in [0.3, 0.4) is 0 Å². The number of carbonyl (C=O) groups is 1. The van der Waals surface area contributed by atoms with Crippen molar-refractivity contribution in [1.82, 2.24) is 0 Å². The summed E-state index contributed by atoms with van der Waals surface area (Å²) in [4.78, 5) is 16.7. The summed E-state index contributed by atoms with van der Waals surface area (Å²) in [6, 6.07) is 15.1. The van der Waals surface area contributed by atoms with Gasteiger partial charge in [0, 0.05) is 25.6 Å². The van der Waals surface area contributed by atoms with E-state index in [0.717, 1.165) is 0 Å². The maximum absolute atomic E-state index is 13.0. The average molecular weight is 427 g/mol. The predicted molar refractivity (Wildman–Crippen MR) is 119 cm³/mol. The van der Waals surface area contributed by atoms with E-state index in [0.29, 0.717) is 30.8 Å². The van der Waals surface area contributed by atoms with Crippen molar-refractivity contribution < 1.29 is 18.3 Å². The maximum Gasteiger partial charge on any atom is 0.264 e. The van der Waals surface area contributed by atoms with Crippen LogP contribution in [0.15, 0.2) is 75.8 Å². The molecule has 1 aliphatic rings. The quantitative estimate of drug-likeness (QED) is 0.672. The molecule has 0 bridgehead atoms. The van der Waals surface area contributed by atoms with E-state index in [9.17, 15) is 18.3 Å². The molecule has 1 N–H and O–H groups in total. The second kappa shape index (κ2) is 8.44. The van der Waals surface area contributed by atoms with Gasteiger partial charge in [0.2, 0.25) is 0 Å². The molecule has 3 rings (SSSR count). The lowest BCUT2D eigenvalue weighted by molar-refractivity contribution is -0.117. The molecule has 1 aliphatic carbocycles. The van der Waals surface area contributed by atoms with Gasteiger partial charge in [-0.1, -0.05) is 32.0 Å². The van der Waals surface area contributed by atoms with Crippen molar-refractivity contribution in [2.45, 2.75) is 38.5 Å². The summed E-state index contributed by atoms with van der Waals surface area (Å²) in [5.74, 6) is -0.103. The zero-order valence-electron chi connectivity index (χ0n) is 17.4. The van der Waals surface area contributed by atoms with E-state index >= 15 is 0 Å². The minimum Gasteiger partial charge on any atom is -0.511 e. The van der Waals surface area contributed by atoms with Crippen LogP contribution >= 0.6 is 0 Å². The molecule has 2 aromatic carbocycles. The highest BCUT2D eigenvalue weighted by Crippen LogP contribution is 2.35. The van der Waals surface area contributed by atoms with Crippen molar-refractivity contribution >= 4 is 33.4 Å². The van der Waals surface area contributed by atoms with E-state index < -0.39 is 10.0 Å². The lowest BCUT2D eigenvalue weighted by atomic mass is 9.77. The summed E-state index contributed by atoms with van der Waals surface area (Å²) in [7, 11) is -3.71. The number of hydrogen-bond donors (Lipinski definition) is 1. The zero-order valence-corrected chi connectivity index (χ0v) is 18.2. The highest BCUT2D eigenvalue weighted by Gasteiger charge is 2.32. The normalized spacial score (nSPS) is 16.8. The Kier molecular flexibility index (Phi) is 6.12. The van der Waals surface area contributed by atoms with Crippen molar-refractivity contribution in [3.63, 3.8) is 0 Å². The smallest absolute Gasteiger partial charge is 0.264 e. The van der Waals surface area contributed by atoms with Crippen LogP contribution in [0.5, 0.6) is 0 Å². The number of sulfonamides is 1. The molecule has 0 saturated carbocycles. The first kappa shape index (κ1) is 21.8. The van der Waals surface area contributed by atoms with Gasteiger partial charge in [0.25, 0.3) is 10.0 Å². The number of benzene rings is 2. The molecule has 0 aromatic heterocycles. The van der Waals surface area contributed by atoms with E-state index in [1.165, 1.54) is 22.7 Å². The minimum absolute atomic E-state index is 0.0423. The topological polar surface area (TPSA) is 87.0 Å². The van der Waals surface area contributed by atoms with Gasteiger partial charge in [-0.3, -0.25) is 14.1 Å². The molecule has 0 saturated heterocycles. The number of aliphatic hydroxyl groups excluding tert-OH is 1. The van der Waals surface area contributed by atoms with Crippen LogP contribution in [-0.2, 0) is 14.8 Å². The molecule has 0 aliphatic heterocycles. The standard InChI is InChI=1S/C23H26N2O4S/c1-4-25(18-8-6-5-7-9-18)30(28,29)19-12-10-17(11-13-19)24-16-20-21(26)14-23(2,3)15-22(20)27/h5-13,16,26H,4,14-15H2,1-3H3. The monoisotopic (exact) mass is 426 g/mol. The number of aliphatic hydroxyl groups is 1. The first-order valence-corrected chi connectivity index (χ1v) is 11.3. The molecule has 7 heteroatoms. The van der Waals surface area contributed by atoms with Gasteiger partial charge < -0.3 is 5.11 Å². The first-order valence-electron chi connectivity index (χ1n) is 9.81. The summed E-state index contributed by atoms with van der Waals surface area (Å²) >= 11 is 0. The Morgan fingerprint density at radius 1 is 1.07 bits per heavy atom. The molecule has 2 aromatic rings. The Balaban J connectivity index is 1.83. The summed E-state index contributed by atoms with van der Waals surface area (Å²) in [5, 5.41) is 10.2. The van der Waals surface area contributed by atoms with Crippen LogP contribution in [-0.4, -0.2) is 32.1 Å². The third kappa shape index (κ3) is 4.62. The molecule has 6 nitrogen and oxygen atoms in total.